The molecule has 1 aromatic carbocycles. The minimum Gasteiger partial charge on any atom is -0.349 e. The summed E-state index contributed by atoms with van der Waals surface area (Å²) < 4.78 is 0. The van der Waals surface area contributed by atoms with Crippen molar-refractivity contribution in [2.24, 2.45) is 0 Å². The largest absolute Gasteiger partial charge is 0.349 e. The molecule has 1 N–H and O–H groups in total. The fraction of sp³-hybridized carbons (Fsp3) is 0.214. The SMILES string of the molecule is CCC/C=C1/C(=O)Sc2[nH]c3ccccc3c21. The van der Waals surface area contributed by atoms with E-state index in [0.29, 0.717) is 0 Å². The second-order valence-corrected chi connectivity index (χ2v) is 5.15. The summed E-state index contributed by atoms with van der Waals surface area (Å²) in [6.07, 6.45) is 4.10. The van der Waals surface area contributed by atoms with Crippen LogP contribution < -0.4 is 0 Å². The number of nitrogens with one attached hydrogen (secondary N) is 1. The van der Waals surface area contributed by atoms with Crippen molar-refractivity contribution >= 4 is 33.4 Å². The molecule has 0 spiro atoms. The highest BCUT2D eigenvalue weighted by molar-refractivity contribution is 8.15. The molecule has 0 radical (unpaired) electrons. The third kappa shape index (κ3) is 1.62. The topological polar surface area (TPSA) is 32.9 Å². The Labute approximate surface area is 104 Å². The van der Waals surface area contributed by atoms with E-state index in [1.165, 1.54) is 11.8 Å². The summed E-state index contributed by atoms with van der Waals surface area (Å²) in [7, 11) is 0. The van der Waals surface area contributed by atoms with Crippen molar-refractivity contribution in [1.82, 2.24) is 4.98 Å². The molecule has 1 aromatic heterocycles. The van der Waals surface area contributed by atoms with Crippen molar-refractivity contribution in [1.29, 1.82) is 0 Å². The molecule has 0 unspecified atom stereocenters. The van der Waals surface area contributed by atoms with Gasteiger partial charge in [0.15, 0.2) is 0 Å². The van der Waals surface area contributed by atoms with E-state index in [9.17, 15) is 4.79 Å². The Hall–Kier alpha value is -1.48. The smallest absolute Gasteiger partial charge is 0.225 e. The van der Waals surface area contributed by atoms with Crippen molar-refractivity contribution in [3.63, 3.8) is 0 Å². The number of H-pyrrole nitrogens is 1. The number of hydrogen-bond acceptors (Lipinski definition) is 2. The summed E-state index contributed by atoms with van der Waals surface area (Å²) in [5.41, 5.74) is 3.09. The van der Waals surface area contributed by atoms with Crippen molar-refractivity contribution in [2.75, 3.05) is 0 Å². The first-order chi connectivity index (χ1) is 8.31. The Balaban J connectivity index is 2.21. The third-order valence-corrected chi connectivity index (χ3v) is 3.91. The second kappa shape index (κ2) is 4.08. The molecule has 0 saturated heterocycles. The van der Waals surface area contributed by atoms with Crippen LogP contribution in [-0.2, 0) is 4.79 Å². The predicted octanol–water partition coefficient (Wildman–Crippen LogP) is 3.98. The molecule has 2 nitrogen and oxygen atoms in total. The van der Waals surface area contributed by atoms with Gasteiger partial charge in [0.1, 0.15) is 0 Å². The highest BCUT2D eigenvalue weighted by atomic mass is 32.2. The molecular weight excluding hydrogens is 230 g/mol. The van der Waals surface area contributed by atoms with Gasteiger partial charge in [-0.25, -0.2) is 0 Å². The van der Waals surface area contributed by atoms with Gasteiger partial charge in [0, 0.05) is 22.0 Å². The third-order valence-electron chi connectivity index (χ3n) is 2.99. The molecule has 0 saturated carbocycles. The number of unbranched alkanes of at least 4 members (excludes halogenated alkanes) is 1. The number of aromatic nitrogens is 1. The van der Waals surface area contributed by atoms with Crippen LogP contribution in [0.4, 0.5) is 0 Å². The molecular formula is C14H13NOS. The molecule has 0 bridgehead atoms. The van der Waals surface area contributed by atoms with Crippen LogP contribution in [0.3, 0.4) is 0 Å². The maximum atomic E-state index is 11.9. The number of para-hydroxylation sites is 1. The number of benzene rings is 1. The van der Waals surface area contributed by atoms with Gasteiger partial charge in [-0.15, -0.1) is 0 Å². The number of carbonyl (C=O) groups is 1. The average Bonchev–Trinajstić information content (AvgIpc) is 2.82. The van der Waals surface area contributed by atoms with Crippen molar-refractivity contribution in [2.45, 2.75) is 24.8 Å². The first-order valence-electron chi connectivity index (χ1n) is 5.84. The fourth-order valence-electron chi connectivity index (χ4n) is 2.19. The predicted molar refractivity (Wildman–Crippen MR) is 72.0 cm³/mol. The van der Waals surface area contributed by atoms with Gasteiger partial charge < -0.3 is 4.98 Å². The number of aromatic amines is 1. The standard InChI is InChI=1S/C14H13NOS/c1-2-3-6-10-12-9-7-4-5-8-11(9)15-13(12)17-14(10)16/h4-8,15H,2-3H2,1H3/b10-6+. The van der Waals surface area contributed by atoms with Gasteiger partial charge in [-0.2, -0.15) is 0 Å². The van der Waals surface area contributed by atoms with Crippen LogP contribution in [0.5, 0.6) is 0 Å². The lowest BCUT2D eigenvalue weighted by Gasteiger charge is -1.97. The number of rotatable bonds is 2. The molecule has 17 heavy (non-hydrogen) atoms. The molecule has 2 heterocycles. The molecule has 0 aliphatic carbocycles. The van der Waals surface area contributed by atoms with Crippen LogP contribution >= 0.6 is 11.8 Å². The van der Waals surface area contributed by atoms with E-state index in [0.717, 1.165) is 39.9 Å². The minimum atomic E-state index is 0.172. The first-order valence-corrected chi connectivity index (χ1v) is 6.66. The highest BCUT2D eigenvalue weighted by Crippen LogP contribution is 2.44. The lowest BCUT2D eigenvalue weighted by molar-refractivity contribution is -0.106. The van der Waals surface area contributed by atoms with E-state index in [2.05, 4.69) is 30.1 Å². The van der Waals surface area contributed by atoms with Gasteiger partial charge in [0.25, 0.3) is 0 Å². The van der Waals surface area contributed by atoms with E-state index in [1.54, 1.807) is 0 Å². The average molecular weight is 243 g/mol. The Kier molecular flexibility index (Phi) is 2.56. The summed E-state index contributed by atoms with van der Waals surface area (Å²) in [4.78, 5) is 15.2. The van der Waals surface area contributed by atoms with Gasteiger partial charge in [-0.3, -0.25) is 4.79 Å². The number of thioether (sulfide) groups is 1. The second-order valence-electron chi connectivity index (χ2n) is 4.17. The molecule has 86 valence electrons. The van der Waals surface area contributed by atoms with Gasteiger partial charge in [-0.05, 0) is 24.2 Å². The zero-order valence-corrected chi connectivity index (χ0v) is 10.4. The van der Waals surface area contributed by atoms with E-state index < -0.39 is 0 Å². The Morgan fingerprint density at radius 1 is 1.35 bits per heavy atom. The molecule has 2 aromatic rings. The summed E-state index contributed by atoms with van der Waals surface area (Å²) in [5, 5.41) is 2.33. The molecule has 1 aliphatic heterocycles. The zero-order valence-electron chi connectivity index (χ0n) is 9.62. The van der Waals surface area contributed by atoms with Gasteiger partial charge in [0.05, 0.1) is 5.03 Å². The minimum absolute atomic E-state index is 0.172. The van der Waals surface area contributed by atoms with Crippen LogP contribution in [-0.4, -0.2) is 10.1 Å². The van der Waals surface area contributed by atoms with Crippen molar-refractivity contribution in [3.8, 4) is 0 Å². The van der Waals surface area contributed by atoms with Crippen LogP contribution in [0.1, 0.15) is 25.3 Å². The Morgan fingerprint density at radius 2 is 2.18 bits per heavy atom. The molecule has 0 fully saturated rings. The van der Waals surface area contributed by atoms with Gasteiger partial charge in [-0.1, -0.05) is 37.6 Å². The fourth-order valence-corrected chi connectivity index (χ4v) is 3.15. The molecule has 0 atom stereocenters. The van der Waals surface area contributed by atoms with Crippen molar-refractivity contribution < 1.29 is 4.79 Å². The Morgan fingerprint density at radius 3 is 3.00 bits per heavy atom. The first kappa shape index (κ1) is 10.7. The Bertz CT molecular complexity index is 624. The van der Waals surface area contributed by atoms with Crippen molar-refractivity contribution in [3.05, 3.63) is 35.9 Å². The number of carbonyl (C=O) groups excluding carboxylic acids is 1. The van der Waals surface area contributed by atoms with E-state index in [4.69, 9.17) is 0 Å². The van der Waals surface area contributed by atoms with Crippen LogP contribution in [0, 0.1) is 0 Å². The molecule has 3 heteroatoms. The maximum Gasteiger partial charge on any atom is 0.225 e. The van der Waals surface area contributed by atoms with Gasteiger partial charge >= 0.3 is 0 Å². The lowest BCUT2D eigenvalue weighted by Crippen LogP contribution is -1.88. The zero-order chi connectivity index (χ0) is 11.8. The van der Waals surface area contributed by atoms with E-state index in [-0.39, 0.29) is 5.12 Å². The molecule has 1 aliphatic rings. The summed E-state index contributed by atoms with van der Waals surface area (Å²) in [5.74, 6) is 0. The van der Waals surface area contributed by atoms with Crippen LogP contribution in [0.25, 0.3) is 16.5 Å². The molecule has 3 rings (SSSR count). The van der Waals surface area contributed by atoms with E-state index >= 15 is 0 Å². The molecule has 0 amide bonds. The summed E-state index contributed by atoms with van der Waals surface area (Å²) >= 11 is 1.31. The number of allylic oxidation sites excluding steroid dienone is 1. The monoisotopic (exact) mass is 243 g/mol. The van der Waals surface area contributed by atoms with Crippen LogP contribution in [0.15, 0.2) is 35.4 Å². The van der Waals surface area contributed by atoms with Crippen LogP contribution in [0.2, 0.25) is 0 Å². The normalized spacial score (nSPS) is 17.0. The number of fused-ring (bicyclic) bond motifs is 3. The maximum absolute atomic E-state index is 11.9. The highest BCUT2D eigenvalue weighted by Gasteiger charge is 2.29. The lowest BCUT2D eigenvalue weighted by atomic mass is 10.0. The van der Waals surface area contributed by atoms with E-state index in [1.807, 2.05) is 12.1 Å². The summed E-state index contributed by atoms with van der Waals surface area (Å²) in [6, 6.07) is 8.15. The quantitative estimate of drug-likeness (QED) is 0.809. The summed E-state index contributed by atoms with van der Waals surface area (Å²) in [6.45, 7) is 2.12. The number of hydrogen-bond donors (Lipinski definition) is 1. The van der Waals surface area contributed by atoms with Gasteiger partial charge in [0.2, 0.25) is 5.12 Å².